The van der Waals surface area contributed by atoms with Gasteiger partial charge >= 0.3 is 5.97 Å². The van der Waals surface area contributed by atoms with E-state index in [0.29, 0.717) is 11.8 Å². The summed E-state index contributed by atoms with van der Waals surface area (Å²) < 4.78 is 0. The summed E-state index contributed by atoms with van der Waals surface area (Å²) in [5, 5.41) is 8.53. The summed E-state index contributed by atoms with van der Waals surface area (Å²) in [6.45, 7) is 4.87. The quantitative estimate of drug-likeness (QED) is 0.565. The number of allylic oxidation sites excluding steroid dienone is 2. The Morgan fingerprint density at radius 2 is 1.89 bits per heavy atom. The monoisotopic (exact) mass is 250 g/mol. The number of carbonyl (C=O) groups is 1. The van der Waals surface area contributed by atoms with E-state index in [9.17, 15) is 4.79 Å². The second kappa shape index (κ2) is 5.46. The summed E-state index contributed by atoms with van der Waals surface area (Å²) in [4.78, 5) is 10.4. The highest BCUT2D eigenvalue weighted by molar-refractivity contribution is 5.66. The molecule has 0 heterocycles. The van der Waals surface area contributed by atoms with Crippen molar-refractivity contribution < 1.29 is 9.90 Å². The van der Waals surface area contributed by atoms with Crippen LogP contribution in [0.15, 0.2) is 12.2 Å². The molecule has 0 saturated heterocycles. The second-order valence-electron chi connectivity index (χ2n) is 6.78. The van der Waals surface area contributed by atoms with Crippen LogP contribution in [0.2, 0.25) is 0 Å². The molecular weight excluding hydrogens is 224 g/mol. The van der Waals surface area contributed by atoms with Crippen LogP contribution in [0.5, 0.6) is 0 Å². The number of carboxylic acids is 1. The van der Waals surface area contributed by atoms with Gasteiger partial charge in [0.15, 0.2) is 0 Å². The maximum Gasteiger partial charge on any atom is 0.303 e. The Bertz CT molecular complexity index is 316. The zero-order valence-electron chi connectivity index (χ0n) is 11.7. The Hall–Kier alpha value is -0.790. The molecule has 1 N–H and O–H groups in total. The van der Waals surface area contributed by atoms with E-state index in [2.05, 4.69) is 26.0 Å². The van der Waals surface area contributed by atoms with Gasteiger partial charge in [0.1, 0.15) is 0 Å². The van der Waals surface area contributed by atoms with E-state index in [1.807, 2.05) is 0 Å². The van der Waals surface area contributed by atoms with Crippen LogP contribution >= 0.6 is 0 Å². The summed E-state index contributed by atoms with van der Waals surface area (Å²) in [5.74, 6) is 2.12. The highest BCUT2D eigenvalue weighted by atomic mass is 16.4. The van der Waals surface area contributed by atoms with E-state index in [4.69, 9.17) is 5.11 Å². The number of rotatable bonds is 6. The molecule has 18 heavy (non-hydrogen) atoms. The average Bonchev–Trinajstić information content (AvgIpc) is 2.33. The number of hydrogen-bond donors (Lipinski definition) is 1. The third-order valence-corrected chi connectivity index (χ3v) is 5.31. The Morgan fingerprint density at radius 1 is 1.22 bits per heavy atom. The molecule has 3 aliphatic rings. The van der Waals surface area contributed by atoms with Crippen LogP contribution in [-0.4, -0.2) is 11.1 Å². The molecule has 0 spiro atoms. The second-order valence-corrected chi connectivity index (χ2v) is 6.78. The zero-order chi connectivity index (χ0) is 13.2. The fourth-order valence-electron chi connectivity index (χ4n) is 3.79. The first-order valence-electron chi connectivity index (χ1n) is 7.37. The molecule has 2 nitrogen and oxygen atoms in total. The molecule has 3 saturated carbocycles. The van der Waals surface area contributed by atoms with Crippen molar-refractivity contribution in [3.63, 3.8) is 0 Å². The molecule has 0 radical (unpaired) electrons. The van der Waals surface area contributed by atoms with E-state index in [-0.39, 0.29) is 0 Å². The molecule has 3 fully saturated rings. The zero-order valence-corrected chi connectivity index (χ0v) is 11.7. The third kappa shape index (κ3) is 2.96. The van der Waals surface area contributed by atoms with Crippen molar-refractivity contribution in [3.05, 3.63) is 12.2 Å². The maximum atomic E-state index is 10.4. The summed E-state index contributed by atoms with van der Waals surface area (Å²) in [5.41, 5.74) is 0.613. The van der Waals surface area contributed by atoms with Gasteiger partial charge in [-0.3, -0.25) is 4.79 Å². The van der Waals surface area contributed by atoms with Crippen LogP contribution < -0.4 is 0 Å². The third-order valence-electron chi connectivity index (χ3n) is 5.31. The van der Waals surface area contributed by atoms with Crippen molar-refractivity contribution in [3.8, 4) is 0 Å². The number of carboxylic acid groups (broad SMARTS) is 1. The van der Waals surface area contributed by atoms with Crippen LogP contribution in [0.1, 0.15) is 58.8 Å². The van der Waals surface area contributed by atoms with Gasteiger partial charge in [0.05, 0.1) is 0 Å². The first-order chi connectivity index (χ1) is 8.50. The Morgan fingerprint density at radius 3 is 2.44 bits per heavy atom. The average molecular weight is 250 g/mol. The molecule has 3 rings (SSSR count). The number of aliphatic carboxylic acids is 1. The van der Waals surface area contributed by atoms with E-state index >= 15 is 0 Å². The highest BCUT2D eigenvalue weighted by Gasteiger charge is 2.52. The van der Waals surface area contributed by atoms with Crippen molar-refractivity contribution >= 4 is 5.97 Å². The minimum absolute atomic E-state index is 0.298. The first kappa shape index (κ1) is 13.6. The fourth-order valence-corrected chi connectivity index (χ4v) is 3.79. The topological polar surface area (TPSA) is 37.3 Å². The van der Waals surface area contributed by atoms with Crippen molar-refractivity contribution in [1.29, 1.82) is 0 Å². The van der Waals surface area contributed by atoms with Gasteiger partial charge in [-0.15, -0.1) is 0 Å². The van der Waals surface area contributed by atoms with Gasteiger partial charge in [0, 0.05) is 6.42 Å². The van der Waals surface area contributed by atoms with Gasteiger partial charge < -0.3 is 5.11 Å². The SMILES string of the molecule is CC1(C)C2CC(C/C=C\CCCC(=O)O)CC1C2. The molecule has 2 bridgehead atoms. The standard InChI is InChI=1S/C16H26O2/c1-16(2)13-9-12(10-14(16)11-13)7-5-3-4-6-8-15(17)18/h3,5,12-14H,4,6-11H2,1-2H3,(H,17,18)/b5-3-. The molecular formula is C16H26O2. The van der Waals surface area contributed by atoms with Crippen molar-refractivity contribution in [2.45, 2.75) is 58.8 Å². The lowest BCUT2D eigenvalue weighted by molar-refractivity contribution is -0.137. The van der Waals surface area contributed by atoms with Gasteiger partial charge in [-0.2, -0.15) is 0 Å². The maximum absolute atomic E-state index is 10.4. The summed E-state index contributed by atoms with van der Waals surface area (Å²) in [6, 6.07) is 0. The summed E-state index contributed by atoms with van der Waals surface area (Å²) in [7, 11) is 0. The lowest BCUT2D eigenvalue weighted by Crippen LogP contribution is -2.50. The van der Waals surface area contributed by atoms with Crippen molar-refractivity contribution in [1.82, 2.24) is 0 Å². The molecule has 2 unspecified atom stereocenters. The molecule has 3 aliphatic carbocycles. The van der Waals surface area contributed by atoms with E-state index in [1.54, 1.807) is 0 Å². The first-order valence-corrected chi connectivity index (χ1v) is 7.37. The van der Waals surface area contributed by atoms with Crippen LogP contribution in [-0.2, 0) is 4.79 Å². The van der Waals surface area contributed by atoms with E-state index < -0.39 is 5.97 Å². The van der Waals surface area contributed by atoms with Gasteiger partial charge in [0.2, 0.25) is 0 Å². The van der Waals surface area contributed by atoms with Crippen LogP contribution in [0, 0.1) is 23.2 Å². The van der Waals surface area contributed by atoms with Gasteiger partial charge in [-0.1, -0.05) is 26.0 Å². The predicted molar refractivity (Wildman–Crippen MR) is 73.3 cm³/mol. The van der Waals surface area contributed by atoms with Gasteiger partial charge in [0.25, 0.3) is 0 Å². The van der Waals surface area contributed by atoms with Crippen LogP contribution in [0.3, 0.4) is 0 Å². The predicted octanol–water partition coefficient (Wildman–Crippen LogP) is 4.26. The van der Waals surface area contributed by atoms with E-state index in [1.165, 1.54) is 25.7 Å². The minimum atomic E-state index is -0.682. The number of fused-ring (bicyclic) bond motifs is 2. The number of hydrogen-bond acceptors (Lipinski definition) is 1. The van der Waals surface area contributed by atoms with Crippen LogP contribution in [0.4, 0.5) is 0 Å². The largest absolute Gasteiger partial charge is 0.481 e. The summed E-state index contributed by atoms with van der Waals surface area (Å²) >= 11 is 0. The molecule has 0 aromatic rings. The van der Waals surface area contributed by atoms with Crippen molar-refractivity contribution in [2.24, 2.45) is 23.2 Å². The van der Waals surface area contributed by atoms with Gasteiger partial charge in [-0.05, 0) is 61.7 Å². The molecule has 0 aromatic heterocycles. The number of unbranched alkanes of at least 4 members (excludes halogenated alkanes) is 1. The fraction of sp³-hybridized carbons (Fsp3) is 0.812. The lowest BCUT2D eigenvalue weighted by Gasteiger charge is -2.59. The normalized spacial score (nSPS) is 33.3. The van der Waals surface area contributed by atoms with Crippen LogP contribution in [0.25, 0.3) is 0 Å². The molecule has 2 atom stereocenters. The van der Waals surface area contributed by atoms with Gasteiger partial charge in [-0.25, -0.2) is 0 Å². The Labute approximate surface area is 110 Å². The Balaban J connectivity index is 1.61. The molecule has 0 aliphatic heterocycles. The summed E-state index contributed by atoms with van der Waals surface area (Å²) in [6.07, 6.45) is 11.9. The molecule has 0 aromatic carbocycles. The highest BCUT2D eigenvalue weighted by Crippen LogP contribution is 2.61. The van der Waals surface area contributed by atoms with E-state index in [0.717, 1.165) is 30.6 Å². The van der Waals surface area contributed by atoms with Crippen molar-refractivity contribution in [2.75, 3.05) is 0 Å². The lowest BCUT2D eigenvalue weighted by atomic mass is 9.46. The Kier molecular flexibility index (Phi) is 4.14. The molecule has 102 valence electrons. The molecule has 2 heteroatoms. The minimum Gasteiger partial charge on any atom is -0.481 e. The molecule has 0 amide bonds. The smallest absolute Gasteiger partial charge is 0.303 e.